The number of hydrogen-bond donors (Lipinski definition) is 3. The molecule has 0 spiro atoms. The first-order valence-electron chi connectivity index (χ1n) is 7.83. The Labute approximate surface area is 141 Å². The molecule has 0 saturated carbocycles. The number of aliphatic hydroxyl groups excluding tert-OH is 1. The van der Waals surface area contributed by atoms with Crippen molar-refractivity contribution in [3.05, 3.63) is 61.5 Å². The van der Waals surface area contributed by atoms with Gasteiger partial charge in [0.1, 0.15) is 18.0 Å². The van der Waals surface area contributed by atoms with Gasteiger partial charge in [0.25, 0.3) is 0 Å². The maximum atomic E-state index is 10.7. The van der Waals surface area contributed by atoms with Crippen molar-refractivity contribution in [2.24, 2.45) is 5.18 Å². The first-order valence-corrected chi connectivity index (χ1v) is 7.83. The molecule has 0 aliphatic rings. The molecule has 2 aromatic rings. The van der Waals surface area contributed by atoms with Crippen LogP contribution in [0.3, 0.4) is 0 Å². The molecule has 5 heteroatoms. The van der Waals surface area contributed by atoms with Crippen molar-refractivity contribution in [1.82, 2.24) is 0 Å². The number of rotatable bonds is 5. The van der Waals surface area contributed by atoms with E-state index in [-0.39, 0.29) is 24.7 Å². The molecule has 0 heterocycles. The van der Waals surface area contributed by atoms with Crippen LogP contribution < -0.4 is 0 Å². The second kappa shape index (κ2) is 7.01. The zero-order chi connectivity index (χ0) is 18.0. The van der Waals surface area contributed by atoms with Gasteiger partial charge in [0.05, 0.1) is 6.61 Å². The van der Waals surface area contributed by atoms with E-state index in [0.717, 1.165) is 22.3 Å². The van der Waals surface area contributed by atoms with Crippen LogP contribution in [-0.2, 0) is 19.6 Å². The summed E-state index contributed by atoms with van der Waals surface area (Å²) in [6, 6.07) is 3.81. The lowest BCUT2D eigenvalue weighted by Crippen LogP contribution is -2.03. The van der Waals surface area contributed by atoms with E-state index in [1.165, 1.54) is 0 Å². The normalized spacial score (nSPS) is 10.9. The fraction of sp³-hybridized carbons (Fsp3) is 0.368. The fourth-order valence-corrected chi connectivity index (χ4v) is 3.12. The molecule has 24 heavy (non-hydrogen) atoms. The molecule has 0 bridgehead atoms. The Morgan fingerprint density at radius 3 is 1.79 bits per heavy atom. The SMILES string of the molecule is Cc1cc(Cc2cc(C)c(O)c(CN=O)c2C)c(C)c(CO)c1O. The summed E-state index contributed by atoms with van der Waals surface area (Å²) in [6.07, 6.45) is 0.582. The van der Waals surface area contributed by atoms with Crippen molar-refractivity contribution in [3.63, 3.8) is 0 Å². The van der Waals surface area contributed by atoms with Gasteiger partial charge in [-0.25, -0.2) is 0 Å². The van der Waals surface area contributed by atoms with Crippen LogP contribution in [-0.4, -0.2) is 15.3 Å². The lowest BCUT2D eigenvalue weighted by Gasteiger charge is -2.18. The van der Waals surface area contributed by atoms with Crippen molar-refractivity contribution >= 4 is 0 Å². The van der Waals surface area contributed by atoms with Crippen LogP contribution in [0.2, 0.25) is 0 Å². The molecule has 128 valence electrons. The number of aromatic hydroxyl groups is 2. The van der Waals surface area contributed by atoms with E-state index in [2.05, 4.69) is 5.18 Å². The van der Waals surface area contributed by atoms with E-state index in [1.807, 2.05) is 26.0 Å². The van der Waals surface area contributed by atoms with Gasteiger partial charge in [-0.2, -0.15) is 4.91 Å². The topological polar surface area (TPSA) is 90.1 Å². The first-order chi connectivity index (χ1) is 11.3. The Balaban J connectivity index is 2.57. The predicted octanol–water partition coefficient (Wildman–Crippen LogP) is 3.68. The number of phenolic OH excluding ortho intramolecular Hbond substituents is 1. The first kappa shape index (κ1) is 17.9. The third-order valence-electron chi connectivity index (χ3n) is 4.73. The summed E-state index contributed by atoms with van der Waals surface area (Å²) in [6.45, 7) is 7.04. The van der Waals surface area contributed by atoms with Gasteiger partial charge in [0, 0.05) is 11.1 Å². The number of nitrogens with zero attached hydrogens (tertiary/aromatic N) is 1. The molecular weight excluding hydrogens is 306 g/mol. The van der Waals surface area contributed by atoms with E-state index in [9.17, 15) is 20.2 Å². The van der Waals surface area contributed by atoms with Crippen molar-refractivity contribution in [1.29, 1.82) is 0 Å². The largest absolute Gasteiger partial charge is 0.507 e. The second-order valence-electron chi connectivity index (χ2n) is 6.23. The van der Waals surface area contributed by atoms with Crippen LogP contribution in [0.25, 0.3) is 0 Å². The van der Waals surface area contributed by atoms with Gasteiger partial charge in [-0.15, -0.1) is 0 Å². The standard InChI is InChI=1S/C19H23NO4/c1-10-5-14(12(3)16(8-20-24)18(10)22)7-15-6-11(2)19(23)17(9-21)13(15)4/h5-6,21-23H,7-9H2,1-4H3. The minimum Gasteiger partial charge on any atom is -0.507 e. The molecule has 0 unspecified atom stereocenters. The van der Waals surface area contributed by atoms with Gasteiger partial charge >= 0.3 is 0 Å². The maximum Gasteiger partial charge on any atom is 0.124 e. The number of hydrogen-bond acceptors (Lipinski definition) is 5. The Morgan fingerprint density at radius 1 is 0.875 bits per heavy atom. The van der Waals surface area contributed by atoms with Crippen molar-refractivity contribution in [3.8, 4) is 11.5 Å². The summed E-state index contributed by atoms with van der Waals surface area (Å²) in [5, 5.41) is 32.7. The molecule has 0 saturated heterocycles. The number of aliphatic hydroxyl groups is 1. The monoisotopic (exact) mass is 329 g/mol. The Kier molecular flexibility index (Phi) is 5.24. The number of phenols is 2. The summed E-state index contributed by atoms with van der Waals surface area (Å²) in [5.41, 5.74) is 6.17. The average molecular weight is 329 g/mol. The van der Waals surface area contributed by atoms with Gasteiger partial charge in [-0.05, 0) is 67.5 Å². The Morgan fingerprint density at radius 2 is 1.33 bits per heavy atom. The molecule has 0 aromatic heterocycles. The molecule has 2 aromatic carbocycles. The lowest BCUT2D eigenvalue weighted by molar-refractivity contribution is 0.274. The van der Waals surface area contributed by atoms with Crippen LogP contribution in [0.5, 0.6) is 11.5 Å². The summed E-state index contributed by atoms with van der Waals surface area (Å²) in [5.74, 6) is 0.244. The van der Waals surface area contributed by atoms with E-state index >= 15 is 0 Å². The van der Waals surface area contributed by atoms with Crippen LogP contribution >= 0.6 is 0 Å². The fourth-order valence-electron chi connectivity index (χ4n) is 3.12. The van der Waals surface area contributed by atoms with Gasteiger partial charge in [-0.1, -0.05) is 17.3 Å². The molecule has 0 aliphatic carbocycles. The van der Waals surface area contributed by atoms with E-state index < -0.39 is 0 Å². The van der Waals surface area contributed by atoms with E-state index in [1.54, 1.807) is 13.8 Å². The summed E-state index contributed by atoms with van der Waals surface area (Å²) in [4.78, 5) is 10.7. The molecular formula is C19H23NO4. The van der Waals surface area contributed by atoms with Crippen molar-refractivity contribution in [2.45, 2.75) is 47.3 Å². The molecule has 5 nitrogen and oxygen atoms in total. The van der Waals surface area contributed by atoms with Crippen LogP contribution in [0.4, 0.5) is 0 Å². The number of benzene rings is 2. The summed E-state index contributed by atoms with van der Waals surface area (Å²) < 4.78 is 0. The Bertz CT molecular complexity index is 797. The van der Waals surface area contributed by atoms with Gasteiger partial charge in [0.15, 0.2) is 0 Å². The minimum absolute atomic E-state index is 0.0676. The van der Waals surface area contributed by atoms with E-state index in [4.69, 9.17) is 0 Å². The third-order valence-corrected chi connectivity index (χ3v) is 4.73. The highest BCUT2D eigenvalue weighted by molar-refractivity contribution is 5.53. The summed E-state index contributed by atoms with van der Waals surface area (Å²) >= 11 is 0. The third kappa shape index (κ3) is 3.12. The predicted molar refractivity (Wildman–Crippen MR) is 93.4 cm³/mol. The van der Waals surface area contributed by atoms with Crippen molar-refractivity contribution < 1.29 is 15.3 Å². The number of nitroso groups, excluding NO2 is 1. The molecule has 0 fully saturated rings. The molecule has 0 amide bonds. The molecule has 2 rings (SSSR count). The smallest absolute Gasteiger partial charge is 0.124 e. The van der Waals surface area contributed by atoms with E-state index in [0.29, 0.717) is 28.7 Å². The van der Waals surface area contributed by atoms with Crippen molar-refractivity contribution in [2.75, 3.05) is 0 Å². The highest BCUT2D eigenvalue weighted by atomic mass is 16.3. The van der Waals surface area contributed by atoms with Gasteiger partial charge in [0.2, 0.25) is 0 Å². The summed E-state index contributed by atoms with van der Waals surface area (Å²) in [7, 11) is 0. The highest BCUT2D eigenvalue weighted by Gasteiger charge is 2.16. The molecule has 0 atom stereocenters. The zero-order valence-electron chi connectivity index (χ0n) is 14.5. The molecule has 0 aliphatic heterocycles. The van der Waals surface area contributed by atoms with Gasteiger partial charge in [-0.3, -0.25) is 0 Å². The Hall–Kier alpha value is -2.40. The zero-order valence-corrected chi connectivity index (χ0v) is 14.5. The average Bonchev–Trinajstić information content (AvgIpc) is 2.54. The minimum atomic E-state index is -0.222. The van der Waals surface area contributed by atoms with Crippen LogP contribution in [0.1, 0.15) is 44.5 Å². The quantitative estimate of drug-likeness (QED) is 0.730. The maximum absolute atomic E-state index is 10.7. The number of aryl methyl sites for hydroxylation is 2. The molecule has 3 N–H and O–H groups in total. The lowest BCUT2D eigenvalue weighted by atomic mass is 9.89. The molecule has 0 radical (unpaired) electrons. The van der Waals surface area contributed by atoms with Crippen LogP contribution in [0, 0.1) is 32.6 Å². The van der Waals surface area contributed by atoms with Gasteiger partial charge < -0.3 is 15.3 Å². The second-order valence-corrected chi connectivity index (χ2v) is 6.23. The van der Waals surface area contributed by atoms with Crippen LogP contribution in [0.15, 0.2) is 17.3 Å². The highest BCUT2D eigenvalue weighted by Crippen LogP contribution is 2.33.